The Balaban J connectivity index is 1.66. The molecule has 3 rings (SSSR count). The molecule has 2 heterocycles. The number of amides is 1. The summed E-state index contributed by atoms with van der Waals surface area (Å²) in [6, 6.07) is 8.92. The van der Waals surface area contributed by atoms with E-state index in [1.165, 1.54) is 18.3 Å². The van der Waals surface area contributed by atoms with Crippen molar-refractivity contribution in [2.24, 2.45) is 0 Å². The fourth-order valence-corrected chi connectivity index (χ4v) is 3.11. The van der Waals surface area contributed by atoms with Gasteiger partial charge in [0.15, 0.2) is 5.76 Å². The number of carbonyl (C=O) groups excluding carboxylic acids is 1. The van der Waals surface area contributed by atoms with E-state index in [1.54, 1.807) is 12.3 Å². The highest BCUT2D eigenvalue weighted by atomic mass is 32.1. The molecular weight excluding hydrogens is 366 g/mol. The lowest BCUT2D eigenvalue weighted by Gasteiger charge is -2.09. The molecule has 0 saturated carbocycles. The lowest BCUT2D eigenvalue weighted by molar-refractivity contribution is -0.119. The highest BCUT2D eigenvalue weighted by molar-refractivity contribution is 7.16. The number of hydrogen-bond donors (Lipinski definition) is 1. The summed E-state index contributed by atoms with van der Waals surface area (Å²) < 4.78 is 16.7. The summed E-state index contributed by atoms with van der Waals surface area (Å²) >= 11 is 1.36. The van der Waals surface area contributed by atoms with Gasteiger partial charge in [-0.05, 0) is 45.0 Å². The van der Waals surface area contributed by atoms with Gasteiger partial charge in [0.05, 0.1) is 23.2 Å². The van der Waals surface area contributed by atoms with Crippen LogP contribution in [0.5, 0.6) is 16.7 Å². The van der Waals surface area contributed by atoms with E-state index in [2.05, 4.69) is 15.5 Å². The first kappa shape index (κ1) is 18.9. The van der Waals surface area contributed by atoms with Crippen molar-refractivity contribution in [3.05, 3.63) is 42.3 Å². The third kappa shape index (κ3) is 5.07. The number of nitrogens with zero attached hydrogens (tertiary/aromatic N) is 2. The van der Waals surface area contributed by atoms with Crippen LogP contribution < -0.4 is 14.8 Å². The summed E-state index contributed by atoms with van der Waals surface area (Å²) in [6.45, 7) is 7.25. The molecule has 7 nitrogen and oxygen atoms in total. The van der Waals surface area contributed by atoms with Crippen molar-refractivity contribution in [1.82, 2.24) is 15.5 Å². The van der Waals surface area contributed by atoms with Gasteiger partial charge in [0.1, 0.15) is 17.2 Å². The predicted molar refractivity (Wildman–Crippen MR) is 102 cm³/mol. The summed E-state index contributed by atoms with van der Waals surface area (Å²) in [5.41, 5.74) is 0.648. The molecule has 1 aromatic carbocycles. The van der Waals surface area contributed by atoms with Crippen molar-refractivity contribution in [1.29, 1.82) is 0 Å². The Morgan fingerprint density at radius 1 is 1.19 bits per heavy atom. The number of nitrogens with one attached hydrogen (secondary N) is 1. The Kier molecular flexibility index (Phi) is 5.75. The minimum atomic E-state index is -0.251. The van der Waals surface area contributed by atoms with Crippen molar-refractivity contribution < 1.29 is 18.8 Å². The molecule has 1 amide bonds. The number of rotatable bonds is 7. The van der Waals surface area contributed by atoms with Gasteiger partial charge < -0.3 is 19.3 Å². The first-order valence-corrected chi connectivity index (χ1v) is 9.37. The maximum Gasteiger partial charge on any atom is 0.279 e. The molecular formula is C19H21N3O4S. The molecule has 1 atom stereocenters. The van der Waals surface area contributed by atoms with Gasteiger partial charge in [0.25, 0.3) is 5.19 Å². The quantitative estimate of drug-likeness (QED) is 0.639. The molecule has 0 bridgehead atoms. The van der Waals surface area contributed by atoms with Crippen molar-refractivity contribution in [2.75, 3.05) is 0 Å². The van der Waals surface area contributed by atoms with Crippen molar-refractivity contribution >= 4 is 17.2 Å². The molecule has 0 aliphatic rings. The second kappa shape index (κ2) is 8.22. The molecule has 1 N–H and O–H groups in total. The maximum absolute atomic E-state index is 11.1. The summed E-state index contributed by atoms with van der Waals surface area (Å²) in [4.78, 5) is 16.2. The summed E-state index contributed by atoms with van der Waals surface area (Å²) in [7, 11) is 0. The van der Waals surface area contributed by atoms with Crippen LogP contribution in [0, 0.1) is 0 Å². The van der Waals surface area contributed by atoms with E-state index in [1.807, 2.05) is 45.0 Å². The first-order valence-electron chi connectivity index (χ1n) is 8.55. The van der Waals surface area contributed by atoms with Crippen LogP contribution >= 0.6 is 11.3 Å². The molecule has 0 saturated heterocycles. The molecule has 0 spiro atoms. The van der Waals surface area contributed by atoms with Crippen LogP contribution in [0.25, 0.3) is 10.6 Å². The zero-order valence-electron chi connectivity index (χ0n) is 15.6. The highest BCUT2D eigenvalue weighted by Gasteiger charge is 2.16. The smallest absolute Gasteiger partial charge is 0.279 e. The molecule has 2 aromatic heterocycles. The number of hydrogen-bond acceptors (Lipinski definition) is 7. The van der Waals surface area contributed by atoms with Gasteiger partial charge in [0.2, 0.25) is 5.91 Å². The molecule has 142 valence electrons. The molecule has 0 aliphatic carbocycles. The number of thiazole rings is 1. The number of benzene rings is 1. The fraction of sp³-hybridized carbons (Fsp3) is 0.316. The molecule has 3 aromatic rings. The number of carbonyl (C=O) groups is 1. The molecule has 0 radical (unpaired) electrons. The zero-order valence-corrected chi connectivity index (χ0v) is 16.4. The van der Waals surface area contributed by atoms with Gasteiger partial charge in [-0.2, -0.15) is 0 Å². The Morgan fingerprint density at radius 3 is 2.56 bits per heavy atom. The topological polar surface area (TPSA) is 86.5 Å². The number of ether oxygens (including phenoxy) is 2. The second-order valence-electron chi connectivity index (χ2n) is 6.27. The van der Waals surface area contributed by atoms with E-state index in [9.17, 15) is 4.79 Å². The fourth-order valence-electron chi connectivity index (χ4n) is 2.37. The van der Waals surface area contributed by atoms with E-state index in [0.29, 0.717) is 22.4 Å². The minimum Gasteiger partial charge on any atom is -0.491 e. The van der Waals surface area contributed by atoms with Gasteiger partial charge in [-0.3, -0.25) is 4.79 Å². The normalized spacial score (nSPS) is 12.0. The van der Waals surface area contributed by atoms with Crippen LogP contribution in [0.2, 0.25) is 0 Å². The third-order valence-corrected chi connectivity index (χ3v) is 4.41. The van der Waals surface area contributed by atoms with E-state index in [-0.39, 0.29) is 18.1 Å². The van der Waals surface area contributed by atoms with Crippen molar-refractivity contribution in [3.63, 3.8) is 0 Å². The Labute approximate surface area is 161 Å². The van der Waals surface area contributed by atoms with Crippen LogP contribution in [0.15, 0.2) is 41.1 Å². The van der Waals surface area contributed by atoms with Gasteiger partial charge >= 0.3 is 0 Å². The summed E-state index contributed by atoms with van der Waals surface area (Å²) in [5.74, 6) is 1.92. The molecule has 0 aliphatic heterocycles. The maximum atomic E-state index is 11.1. The van der Waals surface area contributed by atoms with Crippen LogP contribution in [0.1, 0.15) is 39.5 Å². The second-order valence-corrected chi connectivity index (χ2v) is 7.26. The van der Waals surface area contributed by atoms with Crippen LogP contribution in [-0.2, 0) is 4.79 Å². The van der Waals surface area contributed by atoms with E-state index >= 15 is 0 Å². The minimum absolute atomic E-state index is 0.124. The lowest BCUT2D eigenvalue weighted by Crippen LogP contribution is -2.23. The van der Waals surface area contributed by atoms with Gasteiger partial charge in [-0.15, -0.1) is 0 Å². The average Bonchev–Trinajstić information content (AvgIpc) is 3.25. The van der Waals surface area contributed by atoms with Gasteiger partial charge in [-0.1, -0.05) is 16.5 Å². The van der Waals surface area contributed by atoms with Crippen molar-refractivity contribution in [3.8, 4) is 27.3 Å². The largest absolute Gasteiger partial charge is 0.491 e. The van der Waals surface area contributed by atoms with Gasteiger partial charge in [0, 0.05) is 13.0 Å². The predicted octanol–water partition coefficient (Wildman–Crippen LogP) is 4.57. The lowest BCUT2D eigenvalue weighted by atomic mass is 10.2. The standard InChI is InChI=1S/C19H21N3O4S/c1-11(2)24-14-5-7-15(8-6-14)25-19-20-10-18(27-19)16-9-17(26-22-16)12(3)21-13(4)23/h5-12H,1-4H3,(H,21,23)/t12-/m0/s1. The van der Waals surface area contributed by atoms with Gasteiger partial charge in [-0.25, -0.2) is 4.98 Å². The monoisotopic (exact) mass is 387 g/mol. The molecule has 27 heavy (non-hydrogen) atoms. The van der Waals surface area contributed by atoms with E-state index in [4.69, 9.17) is 14.0 Å². The third-order valence-electron chi connectivity index (χ3n) is 3.51. The van der Waals surface area contributed by atoms with E-state index < -0.39 is 0 Å². The molecule has 0 unspecified atom stereocenters. The number of aromatic nitrogens is 2. The SMILES string of the molecule is CC(=O)N[C@@H](C)c1cc(-c2cnc(Oc3ccc(OC(C)C)cc3)s2)no1. The van der Waals surface area contributed by atoms with Crippen LogP contribution in [0.4, 0.5) is 0 Å². The Hall–Kier alpha value is -2.87. The average molecular weight is 387 g/mol. The van der Waals surface area contributed by atoms with Crippen molar-refractivity contribution in [2.45, 2.75) is 39.8 Å². The molecule has 8 heteroatoms. The summed E-state index contributed by atoms with van der Waals surface area (Å²) in [5, 5.41) is 7.31. The molecule has 0 fully saturated rings. The highest BCUT2D eigenvalue weighted by Crippen LogP contribution is 2.33. The van der Waals surface area contributed by atoms with E-state index in [0.717, 1.165) is 10.6 Å². The Bertz CT molecular complexity index is 902. The summed E-state index contributed by atoms with van der Waals surface area (Å²) in [6.07, 6.45) is 1.81. The first-order chi connectivity index (χ1) is 12.9. The Morgan fingerprint density at radius 2 is 1.89 bits per heavy atom. The zero-order chi connectivity index (χ0) is 19.4. The van der Waals surface area contributed by atoms with Crippen LogP contribution in [0.3, 0.4) is 0 Å². The van der Waals surface area contributed by atoms with Crippen LogP contribution in [-0.4, -0.2) is 22.2 Å².